The molecule has 3 nitrogen and oxygen atoms in total. The molecule has 0 amide bonds. The van der Waals surface area contributed by atoms with Gasteiger partial charge in [-0.1, -0.05) is 24.3 Å². The molecule has 0 unspecified atom stereocenters. The van der Waals surface area contributed by atoms with Crippen LogP contribution in [0.3, 0.4) is 0 Å². The summed E-state index contributed by atoms with van der Waals surface area (Å²) in [6, 6.07) is 10.6. The Hall–Kier alpha value is -1.61. The molecule has 2 aromatic rings. The second kappa shape index (κ2) is 3.70. The van der Waals surface area contributed by atoms with E-state index in [-0.39, 0.29) is 5.54 Å². The zero-order valence-corrected chi connectivity index (χ0v) is 10.1. The average Bonchev–Trinajstić information content (AvgIpc) is 2.81. The molecule has 0 radical (unpaired) electrons. The Labute approximate surface area is 101 Å². The van der Waals surface area contributed by atoms with Gasteiger partial charge < -0.3 is 5.73 Å². The number of aromatic nitrogens is 2. The summed E-state index contributed by atoms with van der Waals surface area (Å²) in [5.41, 5.74) is 10.2. The maximum atomic E-state index is 6.50. The van der Waals surface area contributed by atoms with Crippen LogP contribution in [0, 0.1) is 0 Å². The van der Waals surface area contributed by atoms with Crippen LogP contribution in [0.1, 0.15) is 16.8 Å². The van der Waals surface area contributed by atoms with Gasteiger partial charge in [0.2, 0.25) is 0 Å². The van der Waals surface area contributed by atoms with Crippen LogP contribution in [0.4, 0.5) is 0 Å². The van der Waals surface area contributed by atoms with E-state index in [1.54, 1.807) is 0 Å². The largest absolute Gasteiger partial charge is 0.324 e. The molecule has 2 N–H and O–H groups in total. The maximum absolute atomic E-state index is 6.50. The van der Waals surface area contributed by atoms with Gasteiger partial charge in [0.1, 0.15) is 0 Å². The third kappa shape index (κ3) is 1.98. The van der Waals surface area contributed by atoms with Gasteiger partial charge in [-0.2, -0.15) is 5.10 Å². The van der Waals surface area contributed by atoms with E-state index >= 15 is 0 Å². The first kappa shape index (κ1) is 10.5. The third-order valence-electron chi connectivity index (χ3n) is 3.51. The lowest BCUT2D eigenvalue weighted by Crippen LogP contribution is -2.43. The monoisotopic (exact) mass is 227 g/mol. The third-order valence-corrected chi connectivity index (χ3v) is 3.51. The van der Waals surface area contributed by atoms with Crippen LogP contribution in [0.5, 0.6) is 0 Å². The van der Waals surface area contributed by atoms with E-state index in [9.17, 15) is 0 Å². The van der Waals surface area contributed by atoms with Crippen LogP contribution in [-0.2, 0) is 26.3 Å². The molecule has 0 aliphatic heterocycles. The Morgan fingerprint density at radius 3 is 2.41 bits per heavy atom. The Morgan fingerprint density at radius 1 is 1.24 bits per heavy atom. The van der Waals surface area contributed by atoms with Crippen LogP contribution in [0.15, 0.2) is 36.5 Å². The first-order valence-corrected chi connectivity index (χ1v) is 5.99. The minimum Gasteiger partial charge on any atom is -0.324 e. The SMILES string of the molecule is Cn1ccc(CC2(N)Cc3ccccc3C2)n1. The fourth-order valence-corrected chi connectivity index (χ4v) is 2.77. The van der Waals surface area contributed by atoms with Crippen molar-refractivity contribution in [3.8, 4) is 0 Å². The standard InChI is InChI=1S/C14H17N3/c1-17-7-6-13(16-17)10-14(15)8-11-4-2-3-5-12(11)9-14/h2-7H,8-10,15H2,1H3. The van der Waals surface area contributed by atoms with Gasteiger partial charge in [-0.05, 0) is 30.0 Å². The Morgan fingerprint density at radius 2 is 1.88 bits per heavy atom. The molecule has 0 fully saturated rings. The average molecular weight is 227 g/mol. The molecule has 88 valence electrons. The molecule has 0 bridgehead atoms. The highest BCUT2D eigenvalue weighted by Crippen LogP contribution is 2.30. The Balaban J connectivity index is 1.82. The summed E-state index contributed by atoms with van der Waals surface area (Å²) in [4.78, 5) is 0. The van der Waals surface area contributed by atoms with Gasteiger partial charge in [0, 0.05) is 25.2 Å². The van der Waals surface area contributed by atoms with Gasteiger partial charge in [0.05, 0.1) is 5.69 Å². The molecule has 0 atom stereocenters. The highest BCUT2D eigenvalue weighted by atomic mass is 15.2. The summed E-state index contributed by atoms with van der Waals surface area (Å²) in [7, 11) is 1.94. The molecule has 1 heterocycles. The van der Waals surface area contributed by atoms with Gasteiger partial charge in [-0.3, -0.25) is 4.68 Å². The number of nitrogens with zero attached hydrogens (tertiary/aromatic N) is 2. The highest BCUT2D eigenvalue weighted by Gasteiger charge is 2.33. The van der Waals surface area contributed by atoms with Gasteiger partial charge in [0.25, 0.3) is 0 Å². The van der Waals surface area contributed by atoms with Crippen LogP contribution in [0.2, 0.25) is 0 Å². The molecule has 1 aliphatic carbocycles. The number of benzene rings is 1. The minimum atomic E-state index is -0.155. The van der Waals surface area contributed by atoms with Crippen molar-refractivity contribution in [1.29, 1.82) is 0 Å². The Bertz CT molecular complexity index is 517. The molecule has 1 aliphatic rings. The van der Waals surface area contributed by atoms with Gasteiger partial charge in [-0.15, -0.1) is 0 Å². The van der Waals surface area contributed by atoms with Crippen LogP contribution in [-0.4, -0.2) is 15.3 Å². The fourth-order valence-electron chi connectivity index (χ4n) is 2.77. The lowest BCUT2D eigenvalue weighted by molar-refractivity contribution is 0.439. The van der Waals surface area contributed by atoms with Crippen molar-refractivity contribution < 1.29 is 0 Å². The van der Waals surface area contributed by atoms with Crippen molar-refractivity contribution in [3.63, 3.8) is 0 Å². The first-order chi connectivity index (χ1) is 8.15. The fraction of sp³-hybridized carbons (Fsp3) is 0.357. The molecule has 1 aromatic carbocycles. The minimum absolute atomic E-state index is 0.155. The van der Waals surface area contributed by atoms with Gasteiger partial charge in [0.15, 0.2) is 0 Å². The predicted octanol–water partition coefficient (Wildman–Crippen LogP) is 1.46. The van der Waals surface area contributed by atoms with Crippen molar-refractivity contribution >= 4 is 0 Å². The summed E-state index contributed by atoms with van der Waals surface area (Å²) in [5.74, 6) is 0. The molecule has 3 rings (SSSR count). The van der Waals surface area contributed by atoms with E-state index in [4.69, 9.17) is 5.73 Å². The highest BCUT2D eigenvalue weighted by molar-refractivity contribution is 5.36. The smallest absolute Gasteiger partial charge is 0.0643 e. The van der Waals surface area contributed by atoms with E-state index in [2.05, 4.69) is 35.4 Å². The zero-order valence-electron chi connectivity index (χ0n) is 10.1. The van der Waals surface area contributed by atoms with E-state index in [1.165, 1.54) is 11.1 Å². The van der Waals surface area contributed by atoms with Crippen molar-refractivity contribution in [2.75, 3.05) is 0 Å². The summed E-state index contributed by atoms with van der Waals surface area (Å²) in [6.07, 6.45) is 4.74. The van der Waals surface area contributed by atoms with E-state index in [0.29, 0.717) is 0 Å². The molecular weight excluding hydrogens is 210 g/mol. The number of aryl methyl sites for hydroxylation is 1. The van der Waals surface area contributed by atoms with Crippen LogP contribution in [0.25, 0.3) is 0 Å². The number of nitrogens with two attached hydrogens (primary N) is 1. The quantitative estimate of drug-likeness (QED) is 0.844. The lowest BCUT2D eigenvalue weighted by atomic mass is 9.91. The van der Waals surface area contributed by atoms with Crippen molar-refractivity contribution in [2.45, 2.75) is 24.8 Å². The molecule has 1 aromatic heterocycles. The molecule has 0 saturated heterocycles. The molecule has 0 saturated carbocycles. The zero-order chi connectivity index (χ0) is 11.9. The summed E-state index contributed by atoms with van der Waals surface area (Å²) >= 11 is 0. The van der Waals surface area contributed by atoms with Crippen molar-refractivity contribution in [2.24, 2.45) is 12.8 Å². The maximum Gasteiger partial charge on any atom is 0.0643 e. The van der Waals surface area contributed by atoms with Crippen LogP contribution >= 0.6 is 0 Å². The second-order valence-corrected chi connectivity index (χ2v) is 5.14. The number of rotatable bonds is 2. The summed E-state index contributed by atoms with van der Waals surface area (Å²) in [6.45, 7) is 0. The van der Waals surface area contributed by atoms with Crippen molar-refractivity contribution in [3.05, 3.63) is 53.3 Å². The second-order valence-electron chi connectivity index (χ2n) is 5.14. The first-order valence-electron chi connectivity index (χ1n) is 5.99. The molecular formula is C14H17N3. The van der Waals surface area contributed by atoms with Crippen LogP contribution < -0.4 is 5.73 Å². The normalized spacial score (nSPS) is 17.1. The molecule has 3 heteroatoms. The van der Waals surface area contributed by atoms with E-state index in [0.717, 1.165) is 25.0 Å². The molecule has 0 spiro atoms. The Kier molecular flexibility index (Phi) is 2.30. The number of hydrogen-bond donors (Lipinski definition) is 1. The summed E-state index contributed by atoms with van der Waals surface area (Å²) < 4.78 is 1.83. The molecule has 17 heavy (non-hydrogen) atoms. The van der Waals surface area contributed by atoms with E-state index in [1.807, 2.05) is 17.9 Å². The summed E-state index contributed by atoms with van der Waals surface area (Å²) in [5, 5.41) is 4.42. The number of hydrogen-bond acceptors (Lipinski definition) is 2. The van der Waals surface area contributed by atoms with Gasteiger partial charge in [-0.25, -0.2) is 0 Å². The topological polar surface area (TPSA) is 43.8 Å². The van der Waals surface area contributed by atoms with E-state index < -0.39 is 0 Å². The predicted molar refractivity (Wildman–Crippen MR) is 67.7 cm³/mol. The number of fused-ring (bicyclic) bond motifs is 1. The van der Waals surface area contributed by atoms with Crippen molar-refractivity contribution in [1.82, 2.24) is 9.78 Å². The van der Waals surface area contributed by atoms with Gasteiger partial charge >= 0.3 is 0 Å². The lowest BCUT2D eigenvalue weighted by Gasteiger charge is -2.22.